The SMILES string of the molecule is C=CCn1c(SCC(=O)NCCCn2nc(C)cc2C)nc2ccc(Cl)cc2c1=O. The highest BCUT2D eigenvalue weighted by molar-refractivity contribution is 7.99. The van der Waals surface area contributed by atoms with Crippen LogP contribution < -0.4 is 10.9 Å². The number of benzene rings is 1. The van der Waals surface area contributed by atoms with Gasteiger partial charge in [-0.2, -0.15) is 5.10 Å². The molecule has 0 fully saturated rings. The lowest BCUT2D eigenvalue weighted by molar-refractivity contribution is -0.118. The summed E-state index contributed by atoms with van der Waals surface area (Å²) in [7, 11) is 0. The van der Waals surface area contributed by atoms with Gasteiger partial charge in [-0.15, -0.1) is 6.58 Å². The van der Waals surface area contributed by atoms with Crippen molar-refractivity contribution in [3.8, 4) is 0 Å². The molecule has 7 nitrogen and oxygen atoms in total. The summed E-state index contributed by atoms with van der Waals surface area (Å²) in [4.78, 5) is 29.6. The van der Waals surface area contributed by atoms with Crippen LogP contribution >= 0.6 is 23.4 Å². The molecule has 0 spiro atoms. The highest BCUT2D eigenvalue weighted by Gasteiger charge is 2.13. The molecule has 3 aromatic rings. The summed E-state index contributed by atoms with van der Waals surface area (Å²) in [6.45, 7) is 9.30. The number of nitrogens with one attached hydrogen (secondary N) is 1. The number of halogens is 1. The van der Waals surface area contributed by atoms with E-state index in [2.05, 4.69) is 22.0 Å². The number of nitrogens with zero attached hydrogens (tertiary/aromatic N) is 4. The van der Waals surface area contributed by atoms with Gasteiger partial charge in [-0.1, -0.05) is 29.4 Å². The summed E-state index contributed by atoms with van der Waals surface area (Å²) in [5.41, 5.74) is 2.45. The summed E-state index contributed by atoms with van der Waals surface area (Å²) in [6, 6.07) is 7.04. The van der Waals surface area contributed by atoms with Crippen molar-refractivity contribution in [2.24, 2.45) is 0 Å². The van der Waals surface area contributed by atoms with Crippen LogP contribution in [0.4, 0.5) is 0 Å². The predicted molar refractivity (Wildman–Crippen MR) is 121 cm³/mol. The molecule has 1 N–H and O–H groups in total. The van der Waals surface area contributed by atoms with Gasteiger partial charge in [-0.3, -0.25) is 18.8 Å². The molecule has 0 saturated heterocycles. The molecule has 0 aliphatic rings. The maximum Gasteiger partial charge on any atom is 0.262 e. The molecular weight excluding hydrogens is 422 g/mol. The van der Waals surface area contributed by atoms with E-state index in [9.17, 15) is 9.59 Å². The van der Waals surface area contributed by atoms with Gasteiger partial charge in [-0.05, 0) is 44.5 Å². The molecule has 1 amide bonds. The minimum atomic E-state index is -0.199. The van der Waals surface area contributed by atoms with E-state index in [1.54, 1.807) is 24.3 Å². The standard InChI is InChI=1S/C21H24ClN5O2S/c1-4-9-26-20(29)17-12-16(22)6-7-18(17)24-21(26)30-13-19(28)23-8-5-10-27-15(3)11-14(2)25-27/h4,6-7,11-12H,1,5,8-10,13H2,2-3H3,(H,23,28). The lowest BCUT2D eigenvalue weighted by atomic mass is 10.2. The number of hydrogen-bond donors (Lipinski definition) is 1. The Labute approximate surface area is 184 Å². The maximum atomic E-state index is 12.8. The Bertz CT molecular complexity index is 1140. The van der Waals surface area contributed by atoms with Crippen LogP contribution in [-0.4, -0.2) is 37.5 Å². The first-order chi connectivity index (χ1) is 14.4. The number of thioether (sulfide) groups is 1. The fourth-order valence-electron chi connectivity index (χ4n) is 3.11. The Balaban J connectivity index is 1.60. The van der Waals surface area contributed by atoms with E-state index in [4.69, 9.17) is 11.6 Å². The second-order valence-electron chi connectivity index (χ2n) is 6.90. The molecular formula is C21H24ClN5O2S. The lowest BCUT2D eigenvalue weighted by Gasteiger charge is -2.12. The third-order valence-electron chi connectivity index (χ3n) is 4.50. The summed E-state index contributed by atoms with van der Waals surface area (Å²) in [5, 5.41) is 8.72. The molecule has 0 saturated carbocycles. The second kappa shape index (κ2) is 9.95. The first kappa shape index (κ1) is 22.1. The average molecular weight is 446 g/mol. The van der Waals surface area contributed by atoms with E-state index >= 15 is 0 Å². The molecule has 0 unspecified atom stereocenters. The van der Waals surface area contributed by atoms with Crippen LogP contribution in [0.3, 0.4) is 0 Å². The smallest absolute Gasteiger partial charge is 0.262 e. The summed E-state index contributed by atoms with van der Waals surface area (Å²) in [5.74, 6) is 0.0618. The van der Waals surface area contributed by atoms with Gasteiger partial charge in [0.2, 0.25) is 5.91 Å². The topological polar surface area (TPSA) is 81.8 Å². The number of rotatable bonds is 9. The van der Waals surface area contributed by atoms with Gasteiger partial charge in [0, 0.05) is 30.4 Å². The van der Waals surface area contributed by atoms with Gasteiger partial charge in [0.25, 0.3) is 5.56 Å². The second-order valence-corrected chi connectivity index (χ2v) is 8.28. The quantitative estimate of drug-likeness (QED) is 0.236. The van der Waals surface area contributed by atoms with Crippen molar-refractivity contribution < 1.29 is 4.79 Å². The number of amides is 1. The van der Waals surface area contributed by atoms with Crippen molar-refractivity contribution >= 4 is 40.2 Å². The predicted octanol–water partition coefficient (Wildman–Crippen LogP) is 3.35. The van der Waals surface area contributed by atoms with Crippen LogP contribution in [-0.2, 0) is 17.9 Å². The number of allylic oxidation sites excluding steroid dienone is 1. The Morgan fingerprint density at radius 2 is 2.13 bits per heavy atom. The number of fused-ring (bicyclic) bond motifs is 1. The molecule has 0 radical (unpaired) electrons. The van der Waals surface area contributed by atoms with E-state index < -0.39 is 0 Å². The Morgan fingerprint density at radius 1 is 1.33 bits per heavy atom. The molecule has 30 heavy (non-hydrogen) atoms. The minimum Gasteiger partial charge on any atom is -0.355 e. The van der Waals surface area contributed by atoms with E-state index in [0.717, 1.165) is 24.4 Å². The molecule has 2 aromatic heterocycles. The number of aromatic nitrogens is 4. The van der Waals surface area contributed by atoms with Crippen LogP contribution in [0.15, 0.2) is 46.9 Å². The lowest BCUT2D eigenvalue weighted by Crippen LogP contribution is -2.28. The van der Waals surface area contributed by atoms with Crippen molar-refractivity contribution in [3.05, 3.63) is 63.7 Å². The zero-order valence-corrected chi connectivity index (χ0v) is 18.6. The molecule has 0 aliphatic heterocycles. The van der Waals surface area contributed by atoms with E-state index in [1.165, 1.54) is 16.3 Å². The van der Waals surface area contributed by atoms with Gasteiger partial charge >= 0.3 is 0 Å². The van der Waals surface area contributed by atoms with Crippen LogP contribution in [0.2, 0.25) is 5.02 Å². The van der Waals surface area contributed by atoms with E-state index in [-0.39, 0.29) is 17.2 Å². The highest BCUT2D eigenvalue weighted by Crippen LogP contribution is 2.20. The van der Waals surface area contributed by atoms with Crippen LogP contribution in [0.5, 0.6) is 0 Å². The Hall–Kier alpha value is -2.58. The zero-order chi connectivity index (χ0) is 21.7. The van der Waals surface area contributed by atoms with Gasteiger partial charge < -0.3 is 5.32 Å². The molecule has 0 aliphatic carbocycles. The molecule has 3 rings (SSSR count). The number of carbonyl (C=O) groups excluding carboxylic acids is 1. The Morgan fingerprint density at radius 3 is 2.83 bits per heavy atom. The fourth-order valence-corrected chi connectivity index (χ4v) is 4.12. The number of hydrogen-bond acceptors (Lipinski definition) is 5. The van der Waals surface area contributed by atoms with E-state index in [1.807, 2.05) is 24.6 Å². The summed E-state index contributed by atoms with van der Waals surface area (Å²) >= 11 is 7.24. The zero-order valence-electron chi connectivity index (χ0n) is 17.0. The highest BCUT2D eigenvalue weighted by atomic mass is 35.5. The summed E-state index contributed by atoms with van der Waals surface area (Å²) in [6.07, 6.45) is 2.41. The summed E-state index contributed by atoms with van der Waals surface area (Å²) < 4.78 is 3.45. The van der Waals surface area contributed by atoms with Gasteiger partial charge in [-0.25, -0.2) is 4.98 Å². The fraction of sp³-hybridized carbons (Fsp3) is 0.333. The molecule has 158 valence electrons. The first-order valence-corrected chi connectivity index (χ1v) is 11.0. The third-order valence-corrected chi connectivity index (χ3v) is 5.71. The van der Waals surface area contributed by atoms with Crippen LogP contribution in [0.1, 0.15) is 17.8 Å². The van der Waals surface area contributed by atoms with Crippen LogP contribution in [0, 0.1) is 13.8 Å². The van der Waals surface area contributed by atoms with Gasteiger partial charge in [0.1, 0.15) is 0 Å². The van der Waals surface area contributed by atoms with Crippen molar-refractivity contribution in [1.29, 1.82) is 0 Å². The normalized spacial score (nSPS) is 11.0. The minimum absolute atomic E-state index is 0.107. The monoisotopic (exact) mass is 445 g/mol. The molecule has 0 bridgehead atoms. The van der Waals surface area contributed by atoms with E-state index in [0.29, 0.717) is 34.2 Å². The van der Waals surface area contributed by atoms with Crippen molar-refractivity contribution in [3.63, 3.8) is 0 Å². The van der Waals surface area contributed by atoms with Gasteiger partial charge in [0.15, 0.2) is 5.16 Å². The van der Waals surface area contributed by atoms with Crippen molar-refractivity contribution in [1.82, 2.24) is 24.6 Å². The van der Waals surface area contributed by atoms with Gasteiger partial charge in [0.05, 0.1) is 22.3 Å². The molecule has 0 atom stereocenters. The number of aryl methyl sites for hydroxylation is 3. The molecule has 2 heterocycles. The average Bonchev–Trinajstić information content (AvgIpc) is 3.03. The Kier molecular flexibility index (Phi) is 7.33. The first-order valence-electron chi connectivity index (χ1n) is 9.60. The number of carbonyl (C=O) groups is 1. The molecule has 1 aromatic carbocycles. The van der Waals surface area contributed by atoms with Crippen molar-refractivity contribution in [2.45, 2.75) is 38.5 Å². The maximum absolute atomic E-state index is 12.8. The third kappa shape index (κ3) is 5.31. The van der Waals surface area contributed by atoms with Crippen molar-refractivity contribution in [2.75, 3.05) is 12.3 Å². The van der Waals surface area contributed by atoms with Crippen LogP contribution in [0.25, 0.3) is 10.9 Å². The molecule has 9 heteroatoms. The largest absolute Gasteiger partial charge is 0.355 e.